The smallest absolute Gasteiger partial charge is 0.308 e. The summed E-state index contributed by atoms with van der Waals surface area (Å²) >= 11 is 0. The van der Waals surface area contributed by atoms with Crippen LogP contribution < -0.4 is 0 Å². The SMILES string of the molecule is C[C@@H]1CN(S(=O)(=O)c2cc[nH]c2)C[C@H]1C(=O)O. The van der Waals surface area contributed by atoms with E-state index in [1.807, 2.05) is 0 Å². The standard InChI is InChI=1S/C10H14N2O4S/c1-7-5-12(6-9(7)10(13)14)17(15,16)8-2-3-11-4-8/h2-4,7,9,11H,5-6H2,1H3,(H,13,14)/t7-,9-/m1/s1. The highest BCUT2D eigenvalue weighted by Crippen LogP contribution is 2.28. The Morgan fingerprint density at radius 2 is 2.24 bits per heavy atom. The van der Waals surface area contributed by atoms with Gasteiger partial charge in [-0.1, -0.05) is 6.92 Å². The van der Waals surface area contributed by atoms with Gasteiger partial charge in [0.05, 0.1) is 10.8 Å². The lowest BCUT2D eigenvalue weighted by Crippen LogP contribution is -2.29. The summed E-state index contributed by atoms with van der Waals surface area (Å²) in [7, 11) is -3.56. The molecule has 1 saturated heterocycles. The first-order valence-electron chi connectivity index (χ1n) is 5.28. The van der Waals surface area contributed by atoms with E-state index >= 15 is 0 Å². The number of aromatic nitrogens is 1. The molecular formula is C10H14N2O4S. The normalized spacial score (nSPS) is 26.2. The zero-order valence-corrected chi connectivity index (χ0v) is 10.1. The molecule has 94 valence electrons. The Bertz CT molecular complexity index is 508. The van der Waals surface area contributed by atoms with Crippen molar-refractivity contribution in [3.63, 3.8) is 0 Å². The van der Waals surface area contributed by atoms with E-state index in [4.69, 9.17) is 5.11 Å². The number of nitrogens with one attached hydrogen (secondary N) is 1. The third-order valence-electron chi connectivity index (χ3n) is 3.10. The van der Waals surface area contributed by atoms with Crippen molar-refractivity contribution < 1.29 is 18.3 Å². The second-order valence-corrected chi connectivity index (χ2v) is 6.23. The molecule has 6 nitrogen and oxygen atoms in total. The van der Waals surface area contributed by atoms with Gasteiger partial charge in [-0.05, 0) is 12.0 Å². The van der Waals surface area contributed by atoms with Gasteiger partial charge in [-0.2, -0.15) is 4.31 Å². The Morgan fingerprint density at radius 1 is 1.53 bits per heavy atom. The third-order valence-corrected chi connectivity index (χ3v) is 4.93. The average Bonchev–Trinajstić information content (AvgIpc) is 2.84. The number of carboxylic acid groups (broad SMARTS) is 1. The van der Waals surface area contributed by atoms with Gasteiger partial charge in [0.2, 0.25) is 10.0 Å². The highest BCUT2D eigenvalue weighted by Gasteiger charge is 2.40. The third kappa shape index (κ3) is 2.07. The summed E-state index contributed by atoms with van der Waals surface area (Å²) in [5.74, 6) is -1.73. The van der Waals surface area contributed by atoms with Crippen molar-refractivity contribution in [3.05, 3.63) is 18.5 Å². The van der Waals surface area contributed by atoms with Crippen LogP contribution in [-0.4, -0.2) is 41.9 Å². The van der Waals surface area contributed by atoms with Gasteiger partial charge >= 0.3 is 5.97 Å². The molecule has 1 fully saturated rings. The topological polar surface area (TPSA) is 90.5 Å². The highest BCUT2D eigenvalue weighted by atomic mass is 32.2. The lowest BCUT2D eigenvalue weighted by Gasteiger charge is -2.14. The van der Waals surface area contributed by atoms with E-state index < -0.39 is 21.9 Å². The number of hydrogen-bond acceptors (Lipinski definition) is 3. The first-order valence-corrected chi connectivity index (χ1v) is 6.72. The number of nitrogens with zero attached hydrogens (tertiary/aromatic N) is 1. The number of aromatic amines is 1. The number of carbonyl (C=O) groups is 1. The first-order chi connectivity index (χ1) is 7.93. The lowest BCUT2D eigenvalue weighted by molar-refractivity contribution is -0.142. The highest BCUT2D eigenvalue weighted by molar-refractivity contribution is 7.89. The van der Waals surface area contributed by atoms with Crippen LogP contribution in [0.25, 0.3) is 0 Å². The van der Waals surface area contributed by atoms with E-state index in [0.717, 1.165) is 0 Å². The molecule has 0 aromatic carbocycles. The molecule has 0 bridgehead atoms. The first kappa shape index (κ1) is 12.1. The van der Waals surface area contributed by atoms with Crippen LogP contribution in [0.1, 0.15) is 6.92 Å². The van der Waals surface area contributed by atoms with E-state index in [-0.39, 0.29) is 23.9 Å². The van der Waals surface area contributed by atoms with E-state index in [1.165, 1.54) is 22.8 Å². The molecule has 17 heavy (non-hydrogen) atoms. The fraction of sp³-hybridized carbons (Fsp3) is 0.500. The predicted octanol–water partition coefficient (Wildman–Crippen LogP) is 0.356. The van der Waals surface area contributed by atoms with Gasteiger partial charge < -0.3 is 10.1 Å². The van der Waals surface area contributed by atoms with E-state index in [2.05, 4.69) is 4.98 Å². The van der Waals surface area contributed by atoms with E-state index in [9.17, 15) is 13.2 Å². The molecule has 0 aliphatic carbocycles. The quantitative estimate of drug-likeness (QED) is 0.818. The molecule has 0 radical (unpaired) electrons. The zero-order chi connectivity index (χ0) is 12.6. The molecule has 0 spiro atoms. The Hall–Kier alpha value is -1.34. The lowest BCUT2D eigenvalue weighted by atomic mass is 9.99. The van der Waals surface area contributed by atoms with Crippen molar-refractivity contribution in [2.24, 2.45) is 11.8 Å². The van der Waals surface area contributed by atoms with Gasteiger partial charge in [-0.3, -0.25) is 4.79 Å². The van der Waals surface area contributed by atoms with Crippen LogP contribution in [0.5, 0.6) is 0 Å². The summed E-state index contributed by atoms with van der Waals surface area (Å²) in [4.78, 5) is 13.8. The predicted molar refractivity (Wildman–Crippen MR) is 59.8 cm³/mol. The Kier molecular flexibility index (Phi) is 2.96. The minimum absolute atomic E-state index is 0.0456. The summed E-state index contributed by atoms with van der Waals surface area (Å²) in [5, 5.41) is 8.97. The minimum Gasteiger partial charge on any atom is -0.481 e. The van der Waals surface area contributed by atoms with Crippen molar-refractivity contribution in [1.29, 1.82) is 0 Å². The summed E-state index contributed by atoms with van der Waals surface area (Å²) in [6.07, 6.45) is 2.93. The van der Waals surface area contributed by atoms with Crippen LogP contribution in [0.15, 0.2) is 23.4 Å². The van der Waals surface area contributed by atoms with Gasteiger partial charge in [-0.25, -0.2) is 8.42 Å². The maximum atomic E-state index is 12.1. The fourth-order valence-electron chi connectivity index (χ4n) is 2.06. The summed E-state index contributed by atoms with van der Waals surface area (Å²) in [6, 6.07) is 1.47. The molecule has 7 heteroatoms. The molecule has 0 amide bonds. The molecule has 0 saturated carbocycles. The number of aliphatic carboxylic acids is 1. The van der Waals surface area contributed by atoms with Crippen LogP contribution in [0.3, 0.4) is 0 Å². The van der Waals surface area contributed by atoms with Crippen LogP contribution in [-0.2, 0) is 14.8 Å². The molecule has 1 aromatic heterocycles. The summed E-state index contributed by atoms with van der Waals surface area (Å²) in [6.45, 7) is 2.06. The zero-order valence-electron chi connectivity index (χ0n) is 9.33. The summed E-state index contributed by atoms with van der Waals surface area (Å²) < 4.78 is 25.5. The molecule has 2 heterocycles. The molecular weight excluding hydrogens is 244 g/mol. The van der Waals surface area contributed by atoms with E-state index in [0.29, 0.717) is 0 Å². The maximum Gasteiger partial charge on any atom is 0.308 e. The Balaban J connectivity index is 2.24. The van der Waals surface area contributed by atoms with Gasteiger partial charge in [0, 0.05) is 25.5 Å². The molecule has 2 N–H and O–H groups in total. The monoisotopic (exact) mass is 258 g/mol. The van der Waals surface area contributed by atoms with Gasteiger partial charge in [0.25, 0.3) is 0 Å². The van der Waals surface area contributed by atoms with Gasteiger partial charge in [0.1, 0.15) is 0 Å². The number of H-pyrrole nitrogens is 1. The number of carboxylic acids is 1. The van der Waals surface area contributed by atoms with Gasteiger partial charge in [-0.15, -0.1) is 0 Å². The van der Waals surface area contributed by atoms with E-state index in [1.54, 1.807) is 6.92 Å². The largest absolute Gasteiger partial charge is 0.481 e. The van der Waals surface area contributed by atoms with Crippen molar-refractivity contribution in [1.82, 2.24) is 9.29 Å². The molecule has 2 rings (SSSR count). The van der Waals surface area contributed by atoms with Crippen LogP contribution in [0.2, 0.25) is 0 Å². The number of sulfonamides is 1. The average molecular weight is 258 g/mol. The summed E-state index contributed by atoms with van der Waals surface area (Å²) in [5.41, 5.74) is 0. The van der Waals surface area contributed by atoms with Crippen molar-refractivity contribution in [2.75, 3.05) is 13.1 Å². The van der Waals surface area contributed by atoms with Crippen LogP contribution >= 0.6 is 0 Å². The molecule has 1 aromatic rings. The Labute approximate surface area is 99.3 Å². The molecule has 0 unspecified atom stereocenters. The number of hydrogen-bond donors (Lipinski definition) is 2. The van der Waals surface area contributed by atoms with Crippen molar-refractivity contribution in [3.8, 4) is 0 Å². The molecule has 2 atom stereocenters. The fourth-order valence-corrected chi connectivity index (χ4v) is 3.60. The van der Waals surface area contributed by atoms with Crippen molar-refractivity contribution >= 4 is 16.0 Å². The van der Waals surface area contributed by atoms with Crippen LogP contribution in [0.4, 0.5) is 0 Å². The maximum absolute atomic E-state index is 12.1. The van der Waals surface area contributed by atoms with Crippen LogP contribution in [0, 0.1) is 11.8 Å². The molecule has 1 aliphatic rings. The second-order valence-electron chi connectivity index (χ2n) is 4.29. The number of rotatable bonds is 3. The molecule has 1 aliphatic heterocycles. The second kappa shape index (κ2) is 4.15. The van der Waals surface area contributed by atoms with Crippen molar-refractivity contribution in [2.45, 2.75) is 11.8 Å². The Morgan fingerprint density at radius 3 is 2.71 bits per heavy atom. The van der Waals surface area contributed by atoms with Gasteiger partial charge in [0.15, 0.2) is 0 Å². The minimum atomic E-state index is -3.56.